The Morgan fingerprint density at radius 3 is 2.77 bits per heavy atom. The van der Waals surface area contributed by atoms with Crippen molar-refractivity contribution in [1.82, 2.24) is 14.9 Å². The van der Waals surface area contributed by atoms with Crippen LogP contribution in [0.3, 0.4) is 0 Å². The minimum atomic E-state index is -0.408. The van der Waals surface area contributed by atoms with E-state index in [-0.39, 0.29) is 6.61 Å². The van der Waals surface area contributed by atoms with Crippen LogP contribution in [0.15, 0.2) is 64.6 Å². The highest BCUT2D eigenvalue weighted by Crippen LogP contribution is 2.25. The van der Waals surface area contributed by atoms with Crippen LogP contribution in [0, 0.1) is 6.92 Å². The molecule has 0 aliphatic rings. The van der Waals surface area contributed by atoms with Gasteiger partial charge in [-0.25, -0.2) is 9.48 Å². The number of hydrogen-bond donors (Lipinski definition) is 0. The summed E-state index contributed by atoms with van der Waals surface area (Å²) < 4.78 is 12.4. The van der Waals surface area contributed by atoms with Gasteiger partial charge in [-0.15, -0.1) is 11.3 Å². The minimum absolute atomic E-state index is 0.0632. The molecule has 0 spiro atoms. The monoisotopic (exact) mass is 365 g/mol. The van der Waals surface area contributed by atoms with E-state index in [4.69, 9.17) is 9.26 Å². The first-order chi connectivity index (χ1) is 12.7. The molecule has 0 bridgehead atoms. The number of esters is 1. The number of carbonyl (C=O) groups excluding carboxylic acids is 1. The largest absolute Gasteiger partial charge is 0.455 e. The fourth-order valence-corrected chi connectivity index (χ4v) is 3.19. The lowest BCUT2D eigenvalue weighted by Crippen LogP contribution is -2.06. The summed E-state index contributed by atoms with van der Waals surface area (Å²) in [5.74, 6) is 0.263. The quantitative estimate of drug-likeness (QED) is 0.494. The first-order valence-corrected chi connectivity index (χ1v) is 8.86. The minimum Gasteiger partial charge on any atom is -0.455 e. The van der Waals surface area contributed by atoms with Gasteiger partial charge in [0.2, 0.25) is 0 Å². The maximum atomic E-state index is 12.2. The smallest absolute Gasteiger partial charge is 0.338 e. The number of thiophene rings is 1. The molecule has 0 amide bonds. The van der Waals surface area contributed by atoms with Crippen molar-refractivity contribution in [3.63, 3.8) is 0 Å². The number of hydrogen-bond acceptors (Lipinski definition) is 6. The fraction of sp³-hybridized carbons (Fsp3) is 0.105. The van der Waals surface area contributed by atoms with E-state index in [2.05, 4.69) is 10.3 Å². The number of aryl methyl sites for hydroxylation is 1. The third-order valence-electron chi connectivity index (χ3n) is 3.85. The SMILES string of the molecule is Cc1ccnn1-c1ccc(C(=O)OCc2cc(-c3cccs3)on2)cc1. The lowest BCUT2D eigenvalue weighted by Gasteiger charge is -2.06. The summed E-state index contributed by atoms with van der Waals surface area (Å²) in [6.45, 7) is 2.03. The van der Waals surface area contributed by atoms with E-state index in [9.17, 15) is 4.79 Å². The van der Waals surface area contributed by atoms with E-state index in [0.717, 1.165) is 16.3 Å². The molecule has 4 aromatic rings. The van der Waals surface area contributed by atoms with Gasteiger partial charge in [0.1, 0.15) is 12.3 Å². The number of rotatable bonds is 5. The van der Waals surface area contributed by atoms with Crippen molar-refractivity contribution < 1.29 is 14.1 Å². The van der Waals surface area contributed by atoms with Crippen LogP contribution in [0.5, 0.6) is 0 Å². The molecule has 3 aromatic heterocycles. The molecule has 130 valence electrons. The molecule has 0 N–H and O–H groups in total. The number of ether oxygens (including phenoxy) is 1. The molecule has 4 rings (SSSR count). The Labute approximate surface area is 153 Å². The second-order valence-electron chi connectivity index (χ2n) is 5.67. The molecule has 0 aliphatic carbocycles. The predicted molar refractivity (Wildman–Crippen MR) is 97.2 cm³/mol. The normalized spacial score (nSPS) is 10.8. The zero-order chi connectivity index (χ0) is 17.9. The molecule has 6 nitrogen and oxygen atoms in total. The molecular weight excluding hydrogens is 350 g/mol. The van der Waals surface area contributed by atoms with E-state index in [0.29, 0.717) is 17.0 Å². The average Bonchev–Trinajstić information content (AvgIpc) is 3.41. The lowest BCUT2D eigenvalue weighted by molar-refractivity contribution is 0.0464. The van der Waals surface area contributed by atoms with Gasteiger partial charge in [-0.1, -0.05) is 11.2 Å². The maximum Gasteiger partial charge on any atom is 0.338 e. The van der Waals surface area contributed by atoms with Crippen LogP contribution in [0.25, 0.3) is 16.3 Å². The third kappa shape index (κ3) is 3.29. The van der Waals surface area contributed by atoms with Crippen LogP contribution in [-0.2, 0) is 11.3 Å². The summed E-state index contributed by atoms with van der Waals surface area (Å²) in [6.07, 6.45) is 1.74. The van der Waals surface area contributed by atoms with Gasteiger partial charge in [-0.2, -0.15) is 5.10 Å². The zero-order valence-corrected chi connectivity index (χ0v) is 14.8. The first-order valence-electron chi connectivity index (χ1n) is 7.98. The third-order valence-corrected chi connectivity index (χ3v) is 4.74. The van der Waals surface area contributed by atoms with Crippen molar-refractivity contribution in [1.29, 1.82) is 0 Å². The highest BCUT2D eigenvalue weighted by atomic mass is 32.1. The van der Waals surface area contributed by atoms with Crippen LogP contribution in [0.4, 0.5) is 0 Å². The highest BCUT2D eigenvalue weighted by Gasteiger charge is 2.12. The Morgan fingerprint density at radius 1 is 1.23 bits per heavy atom. The number of aromatic nitrogens is 3. The maximum absolute atomic E-state index is 12.2. The van der Waals surface area contributed by atoms with Gasteiger partial charge in [-0.05, 0) is 48.7 Å². The standard InChI is InChI=1S/C19H15N3O3S/c1-13-8-9-20-22(13)16-6-4-14(5-7-16)19(23)24-12-15-11-17(25-21-15)18-3-2-10-26-18/h2-11H,12H2,1H3. The molecule has 0 atom stereocenters. The van der Waals surface area contributed by atoms with Gasteiger partial charge >= 0.3 is 5.97 Å². The van der Waals surface area contributed by atoms with Crippen molar-refractivity contribution in [2.24, 2.45) is 0 Å². The van der Waals surface area contributed by atoms with Gasteiger partial charge in [0, 0.05) is 18.0 Å². The van der Waals surface area contributed by atoms with Crippen molar-refractivity contribution >= 4 is 17.3 Å². The van der Waals surface area contributed by atoms with Gasteiger partial charge in [0.05, 0.1) is 16.1 Å². The lowest BCUT2D eigenvalue weighted by atomic mass is 10.2. The Balaban J connectivity index is 1.40. The number of nitrogens with zero attached hydrogens (tertiary/aromatic N) is 3. The first kappa shape index (κ1) is 16.3. The molecule has 0 saturated heterocycles. The van der Waals surface area contributed by atoms with Gasteiger partial charge < -0.3 is 9.26 Å². The summed E-state index contributed by atoms with van der Waals surface area (Å²) in [6, 6.07) is 14.7. The van der Waals surface area contributed by atoms with E-state index < -0.39 is 5.97 Å². The highest BCUT2D eigenvalue weighted by molar-refractivity contribution is 7.13. The second-order valence-corrected chi connectivity index (χ2v) is 6.61. The van der Waals surface area contributed by atoms with Crippen molar-refractivity contribution in [2.45, 2.75) is 13.5 Å². The molecule has 0 radical (unpaired) electrons. The van der Waals surface area contributed by atoms with Crippen LogP contribution >= 0.6 is 11.3 Å². The summed E-state index contributed by atoms with van der Waals surface area (Å²) in [7, 11) is 0. The molecule has 1 aromatic carbocycles. The van der Waals surface area contributed by atoms with Gasteiger partial charge in [-0.3, -0.25) is 0 Å². The predicted octanol–water partition coefficient (Wildman–Crippen LogP) is 4.25. The van der Waals surface area contributed by atoms with Crippen LogP contribution in [0.2, 0.25) is 0 Å². The Morgan fingerprint density at radius 2 is 2.08 bits per heavy atom. The fourth-order valence-electron chi connectivity index (χ4n) is 2.52. The Hall–Kier alpha value is -3.19. The Bertz CT molecular complexity index is 1020. The van der Waals surface area contributed by atoms with E-state index in [1.165, 1.54) is 0 Å². The zero-order valence-electron chi connectivity index (χ0n) is 14.0. The van der Waals surface area contributed by atoms with Crippen molar-refractivity contribution in [2.75, 3.05) is 0 Å². The Kier molecular flexibility index (Phi) is 4.37. The topological polar surface area (TPSA) is 70.2 Å². The summed E-state index contributed by atoms with van der Waals surface area (Å²) in [5, 5.41) is 10.1. The van der Waals surface area contributed by atoms with Gasteiger partial charge in [0.15, 0.2) is 5.76 Å². The van der Waals surface area contributed by atoms with E-state index in [1.807, 2.05) is 42.6 Å². The van der Waals surface area contributed by atoms with E-state index >= 15 is 0 Å². The molecule has 7 heteroatoms. The van der Waals surface area contributed by atoms with Crippen molar-refractivity contribution in [3.8, 4) is 16.3 Å². The van der Waals surface area contributed by atoms with Gasteiger partial charge in [0.25, 0.3) is 0 Å². The number of carbonyl (C=O) groups is 1. The van der Waals surface area contributed by atoms with Crippen LogP contribution < -0.4 is 0 Å². The molecule has 26 heavy (non-hydrogen) atoms. The molecule has 0 unspecified atom stereocenters. The summed E-state index contributed by atoms with van der Waals surface area (Å²) in [4.78, 5) is 13.2. The molecular formula is C19H15N3O3S. The molecule has 3 heterocycles. The molecule has 0 aliphatic heterocycles. The van der Waals surface area contributed by atoms with Crippen LogP contribution in [0.1, 0.15) is 21.7 Å². The van der Waals surface area contributed by atoms with Crippen LogP contribution in [-0.4, -0.2) is 20.9 Å². The molecule has 0 saturated carbocycles. The molecule has 0 fully saturated rings. The second kappa shape index (κ2) is 6.97. The number of benzene rings is 1. The summed E-state index contributed by atoms with van der Waals surface area (Å²) >= 11 is 1.56. The van der Waals surface area contributed by atoms with Crippen molar-refractivity contribution in [3.05, 3.63) is 77.1 Å². The average molecular weight is 365 g/mol. The van der Waals surface area contributed by atoms with E-state index in [1.54, 1.807) is 40.4 Å². The summed E-state index contributed by atoms with van der Waals surface area (Å²) in [5.41, 5.74) is 2.96.